The summed E-state index contributed by atoms with van der Waals surface area (Å²) in [5.41, 5.74) is 6.20. The third-order valence-corrected chi connectivity index (χ3v) is 4.37. The van der Waals surface area contributed by atoms with Gasteiger partial charge in [-0.1, -0.05) is 0 Å². The van der Waals surface area contributed by atoms with E-state index in [-0.39, 0.29) is 17.3 Å². The monoisotopic (exact) mass is 335 g/mol. The molecule has 0 aliphatic heterocycles. The van der Waals surface area contributed by atoms with Gasteiger partial charge in [-0.05, 0) is 50.6 Å². The van der Waals surface area contributed by atoms with Crippen LogP contribution in [-0.2, 0) is 0 Å². The van der Waals surface area contributed by atoms with E-state index in [9.17, 15) is 14.0 Å². The number of benzene rings is 1. The van der Waals surface area contributed by atoms with E-state index in [1.807, 2.05) is 26.8 Å². The highest BCUT2D eigenvalue weighted by Crippen LogP contribution is 2.26. The number of halogens is 1. The molecule has 2 aromatic rings. The van der Waals surface area contributed by atoms with Gasteiger partial charge in [-0.15, -0.1) is 11.3 Å². The Balaban J connectivity index is 2.09. The van der Waals surface area contributed by atoms with Gasteiger partial charge in [0.15, 0.2) is 0 Å². The topological polar surface area (TPSA) is 84.2 Å². The molecule has 0 aliphatic rings. The summed E-state index contributed by atoms with van der Waals surface area (Å²) in [7, 11) is 0. The van der Waals surface area contributed by atoms with Gasteiger partial charge in [-0.25, -0.2) is 9.18 Å². The minimum atomic E-state index is -0.689. The first-order chi connectivity index (χ1) is 10.8. The number of nitrogens with two attached hydrogens (primary N) is 1. The van der Waals surface area contributed by atoms with Crippen molar-refractivity contribution in [1.82, 2.24) is 5.32 Å². The van der Waals surface area contributed by atoms with Gasteiger partial charge < -0.3 is 16.4 Å². The minimum Gasteiger partial charge on any atom is -0.366 e. The summed E-state index contributed by atoms with van der Waals surface area (Å²) in [5, 5.41) is 5.15. The summed E-state index contributed by atoms with van der Waals surface area (Å²) in [6, 6.07) is 4.80. The fraction of sp³-hybridized carbons (Fsp3) is 0.250. The largest absolute Gasteiger partial charge is 0.366 e. The Hall–Kier alpha value is -2.41. The summed E-state index contributed by atoms with van der Waals surface area (Å²) in [6.07, 6.45) is 0. The number of carbonyl (C=O) groups is 2. The number of thiophene rings is 1. The lowest BCUT2D eigenvalue weighted by atomic mass is 10.1. The van der Waals surface area contributed by atoms with Crippen molar-refractivity contribution in [2.45, 2.75) is 26.8 Å². The number of amides is 3. The zero-order valence-electron chi connectivity index (χ0n) is 13.1. The maximum Gasteiger partial charge on any atom is 0.319 e. The highest BCUT2D eigenvalue weighted by molar-refractivity contribution is 7.12. The zero-order valence-corrected chi connectivity index (χ0v) is 13.9. The van der Waals surface area contributed by atoms with Crippen LogP contribution in [0.1, 0.15) is 38.6 Å². The van der Waals surface area contributed by atoms with Crippen molar-refractivity contribution in [1.29, 1.82) is 0 Å². The first kappa shape index (κ1) is 17.0. The number of rotatable bonds is 4. The fourth-order valence-corrected chi connectivity index (χ4v) is 3.31. The number of aryl methyl sites for hydroxylation is 2. The zero-order chi connectivity index (χ0) is 17.1. The van der Waals surface area contributed by atoms with Crippen LogP contribution in [0.2, 0.25) is 0 Å². The number of nitrogens with one attached hydrogen (secondary N) is 2. The van der Waals surface area contributed by atoms with Crippen molar-refractivity contribution in [3.8, 4) is 0 Å². The molecule has 122 valence electrons. The number of carbonyl (C=O) groups excluding carboxylic acids is 2. The SMILES string of the molecule is Cc1cc(C(C)NC(=O)Nc2cc(C(N)=O)ccc2F)c(C)s1. The molecule has 3 amide bonds. The van der Waals surface area contributed by atoms with E-state index >= 15 is 0 Å². The normalized spacial score (nSPS) is 11.8. The van der Waals surface area contributed by atoms with Crippen LogP contribution in [-0.4, -0.2) is 11.9 Å². The highest BCUT2D eigenvalue weighted by atomic mass is 32.1. The Morgan fingerprint density at radius 2 is 1.96 bits per heavy atom. The van der Waals surface area contributed by atoms with Crippen LogP contribution in [0.25, 0.3) is 0 Å². The van der Waals surface area contributed by atoms with Gasteiger partial charge in [-0.2, -0.15) is 0 Å². The molecular formula is C16H18FN3O2S. The summed E-state index contributed by atoms with van der Waals surface area (Å²) in [4.78, 5) is 25.5. The molecule has 2 rings (SSSR count). The molecule has 0 radical (unpaired) electrons. The molecule has 1 unspecified atom stereocenters. The summed E-state index contributed by atoms with van der Waals surface area (Å²) >= 11 is 1.65. The fourth-order valence-electron chi connectivity index (χ4n) is 2.29. The third kappa shape index (κ3) is 4.07. The van der Waals surface area contributed by atoms with E-state index in [1.54, 1.807) is 11.3 Å². The summed E-state index contributed by atoms with van der Waals surface area (Å²) in [6.45, 7) is 5.84. The van der Waals surface area contributed by atoms with Gasteiger partial charge in [0.25, 0.3) is 0 Å². The molecule has 1 atom stereocenters. The summed E-state index contributed by atoms with van der Waals surface area (Å²) in [5.74, 6) is -1.33. The average molecular weight is 335 g/mol. The standard InChI is InChI=1S/C16H18FN3O2S/c1-8-6-12(10(3)23-8)9(2)19-16(22)20-14-7-11(15(18)21)4-5-13(14)17/h4-7,9H,1-3H3,(H2,18,21)(H2,19,20,22). The lowest BCUT2D eigenvalue weighted by molar-refractivity contribution is 0.1000. The molecule has 0 saturated carbocycles. The maximum absolute atomic E-state index is 13.7. The van der Waals surface area contributed by atoms with Gasteiger partial charge in [0.2, 0.25) is 5.91 Å². The Labute approximate surface area is 137 Å². The average Bonchev–Trinajstić information content (AvgIpc) is 2.79. The second-order valence-electron chi connectivity index (χ2n) is 5.25. The van der Waals surface area contributed by atoms with Gasteiger partial charge in [-0.3, -0.25) is 4.79 Å². The number of hydrogen-bond donors (Lipinski definition) is 3. The molecule has 0 spiro atoms. The number of primary amides is 1. The molecule has 1 heterocycles. The Morgan fingerprint density at radius 3 is 2.52 bits per heavy atom. The van der Waals surface area contributed by atoms with E-state index < -0.39 is 17.8 Å². The van der Waals surface area contributed by atoms with Crippen LogP contribution >= 0.6 is 11.3 Å². The van der Waals surface area contributed by atoms with E-state index in [4.69, 9.17) is 5.73 Å². The van der Waals surface area contributed by atoms with E-state index in [2.05, 4.69) is 10.6 Å². The second kappa shape index (κ2) is 6.78. The first-order valence-electron chi connectivity index (χ1n) is 7.01. The molecule has 4 N–H and O–H groups in total. The van der Waals surface area contributed by atoms with E-state index in [0.29, 0.717) is 0 Å². The Morgan fingerprint density at radius 1 is 1.26 bits per heavy atom. The third-order valence-electron chi connectivity index (χ3n) is 3.39. The van der Waals surface area contributed by atoms with Gasteiger partial charge >= 0.3 is 6.03 Å². The predicted octanol–water partition coefficient (Wildman–Crippen LogP) is 3.49. The number of anilines is 1. The van der Waals surface area contributed by atoms with Gasteiger partial charge in [0.05, 0.1) is 11.7 Å². The van der Waals surface area contributed by atoms with Crippen LogP contribution in [0.15, 0.2) is 24.3 Å². The van der Waals surface area contributed by atoms with Crippen molar-refractivity contribution >= 4 is 29.0 Å². The van der Waals surface area contributed by atoms with Crippen LogP contribution in [0.4, 0.5) is 14.9 Å². The molecule has 1 aromatic heterocycles. The van der Waals surface area contributed by atoms with E-state index in [1.165, 1.54) is 12.1 Å². The van der Waals surface area contributed by atoms with Crippen molar-refractivity contribution < 1.29 is 14.0 Å². The van der Waals surface area contributed by atoms with Gasteiger partial charge in [0.1, 0.15) is 5.82 Å². The molecule has 23 heavy (non-hydrogen) atoms. The molecule has 0 saturated heterocycles. The van der Waals surface area contributed by atoms with Crippen molar-refractivity contribution in [3.63, 3.8) is 0 Å². The molecule has 1 aromatic carbocycles. The predicted molar refractivity (Wildman–Crippen MR) is 89.3 cm³/mol. The smallest absolute Gasteiger partial charge is 0.319 e. The quantitative estimate of drug-likeness (QED) is 0.799. The number of hydrogen-bond acceptors (Lipinski definition) is 3. The molecular weight excluding hydrogens is 317 g/mol. The van der Waals surface area contributed by atoms with Crippen LogP contribution in [0.5, 0.6) is 0 Å². The minimum absolute atomic E-state index is 0.0933. The molecule has 0 fully saturated rings. The Kier molecular flexibility index (Phi) is 5.00. The Bertz CT molecular complexity index is 758. The molecule has 7 heteroatoms. The van der Waals surface area contributed by atoms with Crippen molar-refractivity contribution in [2.24, 2.45) is 5.73 Å². The van der Waals surface area contributed by atoms with Crippen molar-refractivity contribution in [2.75, 3.05) is 5.32 Å². The van der Waals surface area contributed by atoms with Crippen LogP contribution < -0.4 is 16.4 Å². The van der Waals surface area contributed by atoms with Crippen LogP contribution in [0, 0.1) is 19.7 Å². The lowest BCUT2D eigenvalue weighted by Gasteiger charge is -2.15. The lowest BCUT2D eigenvalue weighted by Crippen LogP contribution is -2.31. The molecule has 0 aliphatic carbocycles. The highest BCUT2D eigenvalue weighted by Gasteiger charge is 2.15. The maximum atomic E-state index is 13.7. The van der Waals surface area contributed by atoms with E-state index in [0.717, 1.165) is 21.4 Å². The molecule has 5 nitrogen and oxygen atoms in total. The number of urea groups is 1. The second-order valence-corrected chi connectivity index (χ2v) is 6.71. The first-order valence-corrected chi connectivity index (χ1v) is 7.83. The van der Waals surface area contributed by atoms with Gasteiger partial charge in [0, 0.05) is 15.3 Å². The summed E-state index contributed by atoms with van der Waals surface area (Å²) < 4.78 is 13.7. The van der Waals surface area contributed by atoms with Crippen LogP contribution in [0.3, 0.4) is 0 Å². The molecule has 0 bridgehead atoms. The van der Waals surface area contributed by atoms with Crippen molar-refractivity contribution in [3.05, 3.63) is 51.0 Å².